The van der Waals surface area contributed by atoms with E-state index in [0.29, 0.717) is 5.96 Å². The van der Waals surface area contributed by atoms with Gasteiger partial charge in [-0.05, 0) is 31.9 Å². The number of hydrogen-bond donors (Lipinski definition) is 2. The Labute approximate surface area is 96.8 Å². The Hall–Kier alpha value is -1.51. The van der Waals surface area contributed by atoms with Crippen LogP contribution in [0.15, 0.2) is 35.3 Å². The van der Waals surface area contributed by atoms with Crippen molar-refractivity contribution in [2.24, 2.45) is 10.7 Å². The van der Waals surface area contributed by atoms with Crippen molar-refractivity contribution in [2.75, 3.05) is 5.32 Å². The number of nitrogens with zero attached hydrogens (tertiary/aromatic N) is 1. The predicted molar refractivity (Wildman–Crippen MR) is 68.6 cm³/mol. The van der Waals surface area contributed by atoms with Crippen molar-refractivity contribution in [3.05, 3.63) is 30.3 Å². The van der Waals surface area contributed by atoms with E-state index < -0.39 is 0 Å². The number of nitrogens with two attached hydrogens (primary N) is 1. The van der Waals surface area contributed by atoms with Crippen LogP contribution in [0.5, 0.6) is 0 Å². The number of para-hydroxylation sites is 1. The normalized spacial score (nSPS) is 19.7. The molecule has 16 heavy (non-hydrogen) atoms. The summed E-state index contributed by atoms with van der Waals surface area (Å²) in [7, 11) is 0. The van der Waals surface area contributed by atoms with Gasteiger partial charge in [-0.25, -0.2) is 4.99 Å². The summed E-state index contributed by atoms with van der Waals surface area (Å²) < 4.78 is 0. The number of anilines is 1. The van der Waals surface area contributed by atoms with Crippen molar-refractivity contribution in [3.8, 4) is 0 Å². The van der Waals surface area contributed by atoms with Crippen LogP contribution in [-0.2, 0) is 0 Å². The molecule has 1 aliphatic carbocycles. The highest BCUT2D eigenvalue weighted by molar-refractivity contribution is 5.92. The van der Waals surface area contributed by atoms with Crippen LogP contribution in [0.25, 0.3) is 0 Å². The van der Waals surface area contributed by atoms with E-state index in [4.69, 9.17) is 5.73 Å². The molecule has 0 saturated heterocycles. The molecule has 1 aliphatic rings. The van der Waals surface area contributed by atoms with Gasteiger partial charge in [-0.2, -0.15) is 0 Å². The molecule has 1 saturated carbocycles. The summed E-state index contributed by atoms with van der Waals surface area (Å²) in [5.41, 5.74) is 6.95. The van der Waals surface area contributed by atoms with E-state index >= 15 is 0 Å². The van der Waals surface area contributed by atoms with E-state index in [1.165, 1.54) is 12.8 Å². The van der Waals surface area contributed by atoms with Gasteiger partial charge >= 0.3 is 0 Å². The standard InChI is InChI=1S/C13H19N3/c1-13(9-5-6-10-13)16-12(14)15-11-7-3-2-4-8-11/h2-4,7-8H,5-6,9-10H2,1H3,(H3,14,15,16). The zero-order valence-corrected chi connectivity index (χ0v) is 9.74. The molecule has 0 radical (unpaired) electrons. The number of benzene rings is 1. The fraction of sp³-hybridized carbons (Fsp3) is 0.462. The number of nitrogens with one attached hydrogen (secondary N) is 1. The Morgan fingerprint density at radius 1 is 1.25 bits per heavy atom. The van der Waals surface area contributed by atoms with E-state index in [-0.39, 0.29) is 5.54 Å². The number of hydrogen-bond acceptors (Lipinski definition) is 1. The van der Waals surface area contributed by atoms with Crippen LogP contribution in [0.1, 0.15) is 32.6 Å². The number of rotatable bonds is 2. The van der Waals surface area contributed by atoms with Crippen molar-refractivity contribution >= 4 is 11.6 Å². The zero-order chi connectivity index (χ0) is 11.4. The minimum atomic E-state index is 0.0475. The molecule has 0 amide bonds. The second-order valence-corrected chi connectivity index (χ2v) is 4.69. The SMILES string of the molecule is CC1(N=C(N)Nc2ccccc2)CCCC1. The largest absolute Gasteiger partial charge is 0.370 e. The summed E-state index contributed by atoms with van der Waals surface area (Å²) in [5.74, 6) is 0.524. The zero-order valence-electron chi connectivity index (χ0n) is 9.74. The molecular formula is C13H19N3. The van der Waals surface area contributed by atoms with Crippen LogP contribution in [0.4, 0.5) is 5.69 Å². The monoisotopic (exact) mass is 217 g/mol. The third kappa shape index (κ3) is 2.75. The van der Waals surface area contributed by atoms with Crippen LogP contribution in [-0.4, -0.2) is 11.5 Å². The summed E-state index contributed by atoms with van der Waals surface area (Å²) in [4.78, 5) is 4.59. The maximum Gasteiger partial charge on any atom is 0.193 e. The topological polar surface area (TPSA) is 50.4 Å². The summed E-state index contributed by atoms with van der Waals surface area (Å²) in [6, 6.07) is 9.91. The van der Waals surface area contributed by atoms with Gasteiger partial charge in [0.2, 0.25) is 0 Å². The summed E-state index contributed by atoms with van der Waals surface area (Å²) in [6.45, 7) is 2.18. The van der Waals surface area contributed by atoms with Crippen molar-refractivity contribution in [1.82, 2.24) is 0 Å². The first kappa shape index (κ1) is 11.0. The molecule has 0 unspecified atom stereocenters. The number of aliphatic imine (C=N–C) groups is 1. The van der Waals surface area contributed by atoms with Crippen LogP contribution in [0.3, 0.4) is 0 Å². The predicted octanol–water partition coefficient (Wildman–Crippen LogP) is 2.75. The molecule has 0 bridgehead atoms. The first-order valence-electron chi connectivity index (χ1n) is 5.85. The van der Waals surface area contributed by atoms with E-state index in [1.807, 2.05) is 30.3 Å². The van der Waals surface area contributed by atoms with Gasteiger partial charge in [0.15, 0.2) is 5.96 Å². The smallest absolute Gasteiger partial charge is 0.193 e. The lowest BCUT2D eigenvalue weighted by molar-refractivity contribution is 0.490. The van der Waals surface area contributed by atoms with Gasteiger partial charge < -0.3 is 11.1 Å². The van der Waals surface area contributed by atoms with Gasteiger partial charge in [-0.15, -0.1) is 0 Å². The van der Waals surface area contributed by atoms with Crippen LogP contribution < -0.4 is 11.1 Å². The Morgan fingerprint density at radius 2 is 1.88 bits per heavy atom. The van der Waals surface area contributed by atoms with Crippen LogP contribution in [0.2, 0.25) is 0 Å². The van der Waals surface area contributed by atoms with Crippen molar-refractivity contribution < 1.29 is 0 Å². The molecule has 3 N–H and O–H groups in total. The Morgan fingerprint density at radius 3 is 2.50 bits per heavy atom. The fourth-order valence-corrected chi connectivity index (χ4v) is 2.24. The molecule has 1 fully saturated rings. The van der Waals surface area contributed by atoms with Gasteiger partial charge in [0.1, 0.15) is 0 Å². The molecule has 0 aromatic heterocycles. The van der Waals surface area contributed by atoms with Gasteiger partial charge in [0.25, 0.3) is 0 Å². The molecule has 3 heteroatoms. The molecule has 0 heterocycles. The van der Waals surface area contributed by atoms with Crippen LogP contribution in [0, 0.1) is 0 Å². The van der Waals surface area contributed by atoms with Gasteiger partial charge in [-0.3, -0.25) is 0 Å². The van der Waals surface area contributed by atoms with Gasteiger partial charge in [0, 0.05) is 5.69 Å². The molecule has 0 atom stereocenters. The van der Waals surface area contributed by atoms with Crippen molar-refractivity contribution in [2.45, 2.75) is 38.1 Å². The summed E-state index contributed by atoms with van der Waals surface area (Å²) in [6.07, 6.45) is 4.81. The highest BCUT2D eigenvalue weighted by Gasteiger charge is 2.28. The van der Waals surface area contributed by atoms with Gasteiger partial charge in [-0.1, -0.05) is 31.0 Å². The van der Waals surface area contributed by atoms with Crippen molar-refractivity contribution in [3.63, 3.8) is 0 Å². The Balaban J connectivity index is 2.02. The maximum atomic E-state index is 5.91. The molecule has 0 aliphatic heterocycles. The molecular weight excluding hydrogens is 198 g/mol. The lowest BCUT2D eigenvalue weighted by Crippen LogP contribution is -2.29. The number of guanidine groups is 1. The highest BCUT2D eigenvalue weighted by atomic mass is 15.1. The summed E-state index contributed by atoms with van der Waals surface area (Å²) >= 11 is 0. The quantitative estimate of drug-likeness (QED) is 0.591. The molecule has 2 rings (SSSR count). The lowest BCUT2D eigenvalue weighted by Gasteiger charge is -2.19. The molecule has 1 aromatic rings. The highest BCUT2D eigenvalue weighted by Crippen LogP contribution is 2.32. The molecule has 1 aromatic carbocycles. The minimum Gasteiger partial charge on any atom is -0.370 e. The van der Waals surface area contributed by atoms with Gasteiger partial charge in [0.05, 0.1) is 5.54 Å². The van der Waals surface area contributed by atoms with E-state index in [2.05, 4.69) is 17.2 Å². The van der Waals surface area contributed by atoms with E-state index in [1.54, 1.807) is 0 Å². The molecule has 86 valence electrons. The second-order valence-electron chi connectivity index (χ2n) is 4.69. The van der Waals surface area contributed by atoms with Crippen LogP contribution >= 0.6 is 0 Å². The Bertz CT molecular complexity index is 364. The first-order valence-corrected chi connectivity index (χ1v) is 5.85. The van der Waals surface area contributed by atoms with E-state index in [9.17, 15) is 0 Å². The fourth-order valence-electron chi connectivity index (χ4n) is 2.24. The first-order chi connectivity index (χ1) is 7.68. The van der Waals surface area contributed by atoms with E-state index in [0.717, 1.165) is 18.5 Å². The third-order valence-electron chi connectivity index (χ3n) is 3.12. The maximum absolute atomic E-state index is 5.91. The second kappa shape index (κ2) is 4.56. The molecule has 0 spiro atoms. The molecule has 3 nitrogen and oxygen atoms in total. The average Bonchev–Trinajstić information content (AvgIpc) is 2.66. The lowest BCUT2D eigenvalue weighted by atomic mass is 10.0. The Kier molecular flexibility index (Phi) is 3.13. The third-order valence-corrected chi connectivity index (χ3v) is 3.12. The van der Waals surface area contributed by atoms with Crippen molar-refractivity contribution in [1.29, 1.82) is 0 Å². The minimum absolute atomic E-state index is 0.0475. The summed E-state index contributed by atoms with van der Waals surface area (Å²) in [5, 5.41) is 3.12. The average molecular weight is 217 g/mol.